The number of benzene rings is 3. The minimum atomic E-state index is -4.10. The zero-order chi connectivity index (χ0) is 26.0. The molecule has 0 spiro atoms. The number of aromatic nitrogens is 3. The van der Waals surface area contributed by atoms with E-state index in [1.807, 2.05) is 55.5 Å². The first kappa shape index (κ1) is 24.6. The lowest BCUT2D eigenvalue weighted by Gasteiger charge is -2.23. The molecule has 0 aliphatic carbocycles. The molecule has 2 heterocycles. The minimum Gasteiger partial charge on any atom is -0.258 e. The van der Waals surface area contributed by atoms with Crippen molar-refractivity contribution in [3.05, 3.63) is 124 Å². The molecule has 0 saturated carbocycles. The Hall–Kier alpha value is -4.06. The topological polar surface area (TPSA) is 120 Å². The second-order valence-electron chi connectivity index (χ2n) is 8.18. The lowest BCUT2D eigenvalue weighted by Crippen LogP contribution is -2.31. The van der Waals surface area contributed by atoms with Crippen molar-refractivity contribution in [2.24, 2.45) is 0 Å². The van der Waals surface area contributed by atoms with Crippen molar-refractivity contribution in [3.8, 4) is 0 Å². The van der Waals surface area contributed by atoms with E-state index in [0.717, 1.165) is 20.9 Å². The smallest absolute Gasteiger partial charge is 0.258 e. The Morgan fingerprint density at radius 3 is 2.46 bits per heavy atom. The Labute approximate surface area is 217 Å². The highest BCUT2D eigenvalue weighted by Gasteiger charge is 2.29. The van der Waals surface area contributed by atoms with Gasteiger partial charge in [-0.3, -0.25) is 10.1 Å². The Morgan fingerprint density at radius 1 is 0.973 bits per heavy atom. The monoisotopic (exact) mass is 531 g/mol. The van der Waals surface area contributed by atoms with Gasteiger partial charge >= 0.3 is 0 Å². The van der Waals surface area contributed by atoms with Crippen LogP contribution in [0, 0.1) is 17.0 Å². The summed E-state index contributed by atoms with van der Waals surface area (Å²) in [5.74, 6) is 0. The van der Waals surface area contributed by atoms with E-state index >= 15 is 0 Å². The molecule has 11 heteroatoms. The van der Waals surface area contributed by atoms with Crippen LogP contribution in [0.15, 0.2) is 112 Å². The van der Waals surface area contributed by atoms with E-state index in [1.165, 1.54) is 36.0 Å². The van der Waals surface area contributed by atoms with Gasteiger partial charge in [-0.25, -0.2) is 17.9 Å². The maximum atomic E-state index is 13.6. The number of aryl methyl sites for hydroxylation is 1. The third kappa shape index (κ3) is 5.10. The quantitative estimate of drug-likeness (QED) is 0.217. The molecule has 0 radical (unpaired) electrons. The first-order valence-electron chi connectivity index (χ1n) is 11.2. The highest BCUT2D eigenvalue weighted by Crippen LogP contribution is 2.38. The van der Waals surface area contributed by atoms with Gasteiger partial charge in [-0.05, 0) is 60.5 Å². The summed E-state index contributed by atoms with van der Waals surface area (Å²) in [5.41, 5.74) is 2.55. The van der Waals surface area contributed by atoms with Crippen LogP contribution in [-0.2, 0) is 10.0 Å². The van der Waals surface area contributed by atoms with Crippen LogP contribution in [0.4, 0.5) is 5.69 Å². The molecule has 0 fully saturated rings. The van der Waals surface area contributed by atoms with Crippen molar-refractivity contribution in [1.29, 1.82) is 0 Å². The summed E-state index contributed by atoms with van der Waals surface area (Å²) < 4.78 is 31.6. The summed E-state index contributed by atoms with van der Waals surface area (Å²) in [4.78, 5) is 16.7. The number of nitro benzene ring substituents is 1. The van der Waals surface area contributed by atoms with E-state index in [0.29, 0.717) is 11.3 Å². The third-order valence-electron chi connectivity index (χ3n) is 5.77. The predicted molar refractivity (Wildman–Crippen MR) is 140 cm³/mol. The molecular weight excluding hydrogens is 510 g/mol. The molecule has 0 bridgehead atoms. The van der Waals surface area contributed by atoms with Gasteiger partial charge in [-0.1, -0.05) is 42.1 Å². The largest absolute Gasteiger partial charge is 0.269 e. The molecule has 37 heavy (non-hydrogen) atoms. The summed E-state index contributed by atoms with van der Waals surface area (Å²) in [7, 11) is -4.10. The molecule has 1 atom stereocenters. The van der Waals surface area contributed by atoms with Crippen molar-refractivity contribution in [2.75, 3.05) is 0 Å². The third-order valence-corrected chi connectivity index (χ3v) is 8.30. The van der Waals surface area contributed by atoms with E-state index in [2.05, 4.69) is 14.8 Å². The fourth-order valence-corrected chi connectivity index (χ4v) is 6.27. The van der Waals surface area contributed by atoms with E-state index in [4.69, 9.17) is 0 Å². The van der Waals surface area contributed by atoms with Gasteiger partial charge in [0.15, 0.2) is 5.65 Å². The van der Waals surface area contributed by atoms with Crippen molar-refractivity contribution < 1.29 is 13.3 Å². The molecule has 3 aromatic carbocycles. The molecule has 1 N–H and O–H groups in total. The van der Waals surface area contributed by atoms with Gasteiger partial charge in [0.05, 0.1) is 27.8 Å². The van der Waals surface area contributed by atoms with Crippen molar-refractivity contribution in [1.82, 2.24) is 19.3 Å². The molecule has 0 saturated heterocycles. The average Bonchev–Trinajstić information content (AvgIpc) is 3.33. The van der Waals surface area contributed by atoms with Gasteiger partial charge in [-0.2, -0.15) is 9.82 Å². The molecule has 2 aromatic heterocycles. The summed E-state index contributed by atoms with van der Waals surface area (Å²) >= 11 is 1.53. The summed E-state index contributed by atoms with van der Waals surface area (Å²) in [6, 6.07) is 23.1. The van der Waals surface area contributed by atoms with E-state index in [1.54, 1.807) is 29.0 Å². The summed E-state index contributed by atoms with van der Waals surface area (Å²) in [6.07, 6.45) is 3.21. The number of rotatable bonds is 8. The van der Waals surface area contributed by atoms with Gasteiger partial charge in [0, 0.05) is 28.1 Å². The van der Waals surface area contributed by atoms with Crippen LogP contribution < -0.4 is 4.72 Å². The van der Waals surface area contributed by atoms with Gasteiger partial charge < -0.3 is 0 Å². The fourth-order valence-electron chi connectivity index (χ4n) is 4.01. The molecule has 1 unspecified atom stereocenters. The number of hydrogen-bond acceptors (Lipinski definition) is 7. The summed E-state index contributed by atoms with van der Waals surface area (Å²) in [6.45, 7) is 1.92. The highest BCUT2D eigenvalue weighted by atomic mass is 32.2. The van der Waals surface area contributed by atoms with Crippen molar-refractivity contribution >= 4 is 33.1 Å². The second kappa shape index (κ2) is 10.1. The number of fused-ring (bicyclic) bond motifs is 1. The maximum Gasteiger partial charge on any atom is 0.269 e. The average molecular weight is 532 g/mol. The fraction of sp³-hybridized carbons (Fsp3) is 0.0769. The highest BCUT2D eigenvalue weighted by molar-refractivity contribution is 7.99. The maximum absolute atomic E-state index is 13.6. The Bertz CT molecular complexity index is 1690. The Balaban J connectivity index is 1.65. The van der Waals surface area contributed by atoms with Crippen LogP contribution >= 0.6 is 11.8 Å². The number of nitrogens with zero attached hydrogens (tertiary/aromatic N) is 4. The molecule has 0 aliphatic rings. The SMILES string of the molecule is Cc1cccc(Sc2ccccc2)c1C(NS(=O)(=O)c1ccc([N+](=O)[O-])cc1)c1cnc2cccnn12. The number of sulfonamides is 1. The van der Waals surface area contributed by atoms with E-state index in [9.17, 15) is 18.5 Å². The lowest BCUT2D eigenvalue weighted by molar-refractivity contribution is -0.384. The van der Waals surface area contributed by atoms with Crippen LogP contribution in [-0.4, -0.2) is 27.9 Å². The Kier molecular flexibility index (Phi) is 6.74. The number of non-ortho nitro benzene ring substituents is 1. The van der Waals surface area contributed by atoms with Gasteiger partial charge in [-0.15, -0.1) is 0 Å². The molecule has 9 nitrogen and oxygen atoms in total. The first-order chi connectivity index (χ1) is 17.8. The molecular formula is C26H21N5O4S2. The van der Waals surface area contributed by atoms with Crippen LogP contribution in [0.25, 0.3) is 5.65 Å². The van der Waals surface area contributed by atoms with Gasteiger partial charge in [0.1, 0.15) is 0 Å². The van der Waals surface area contributed by atoms with Crippen LogP contribution in [0.3, 0.4) is 0 Å². The molecule has 186 valence electrons. The minimum absolute atomic E-state index is 0.0873. The molecule has 0 aliphatic heterocycles. The number of nitrogens with one attached hydrogen (secondary N) is 1. The van der Waals surface area contributed by atoms with Gasteiger partial charge in [0.25, 0.3) is 5.69 Å². The number of nitro groups is 1. The zero-order valence-corrected chi connectivity index (χ0v) is 21.2. The predicted octanol–water partition coefficient (Wildman–Crippen LogP) is 5.17. The van der Waals surface area contributed by atoms with Crippen molar-refractivity contribution in [3.63, 3.8) is 0 Å². The first-order valence-corrected chi connectivity index (χ1v) is 13.5. The van der Waals surface area contributed by atoms with Crippen LogP contribution in [0.1, 0.15) is 22.9 Å². The molecule has 0 amide bonds. The molecule has 5 aromatic rings. The van der Waals surface area contributed by atoms with E-state index in [-0.39, 0.29) is 10.6 Å². The van der Waals surface area contributed by atoms with Gasteiger partial charge in [0.2, 0.25) is 10.0 Å². The summed E-state index contributed by atoms with van der Waals surface area (Å²) in [5, 5.41) is 15.5. The van der Waals surface area contributed by atoms with Crippen LogP contribution in [0.5, 0.6) is 0 Å². The number of hydrogen-bond donors (Lipinski definition) is 1. The second-order valence-corrected chi connectivity index (χ2v) is 11.0. The van der Waals surface area contributed by atoms with E-state index < -0.39 is 21.0 Å². The Morgan fingerprint density at radius 2 is 1.73 bits per heavy atom. The van der Waals surface area contributed by atoms with Crippen LogP contribution in [0.2, 0.25) is 0 Å². The normalized spacial score (nSPS) is 12.5. The number of imidazole rings is 1. The standard InChI is InChI=1S/C26H21N5O4S2/c1-18-7-5-10-23(36-20-8-3-2-4-9-20)25(18)26(22-17-27-24-11-6-16-28-30(22)24)29-37(34,35)21-14-12-19(13-15-21)31(32)33/h2-17,26,29H,1H3. The molecule has 5 rings (SSSR count). The van der Waals surface area contributed by atoms with Crippen molar-refractivity contribution in [2.45, 2.75) is 27.7 Å². The zero-order valence-electron chi connectivity index (χ0n) is 19.6. The lowest BCUT2D eigenvalue weighted by atomic mass is 10.00.